The molecule has 0 fully saturated rings. The molecule has 0 aliphatic carbocycles. The molecule has 78 valence electrons. The van der Waals surface area contributed by atoms with Crippen LogP contribution in [0.4, 0.5) is 0 Å². The monoisotopic (exact) mass is 330 g/mol. The van der Waals surface area contributed by atoms with E-state index in [4.69, 9.17) is 11.6 Å². The van der Waals surface area contributed by atoms with Gasteiger partial charge in [0.15, 0.2) is 0 Å². The van der Waals surface area contributed by atoms with Gasteiger partial charge >= 0.3 is 0 Å². The molecule has 0 spiro atoms. The first-order valence-corrected chi connectivity index (χ1v) is 6.84. The molecule has 0 radical (unpaired) electrons. The number of allylic oxidation sites excluding steroid dienone is 2. The lowest BCUT2D eigenvalue weighted by atomic mass is 10.0. The number of hydrogen-bond acceptors (Lipinski definition) is 0. The fourth-order valence-electron chi connectivity index (χ4n) is 0.931. The molecule has 3 heteroatoms. The van der Waals surface area contributed by atoms with Crippen LogP contribution < -0.4 is 0 Å². The lowest BCUT2D eigenvalue weighted by Crippen LogP contribution is -2.24. The van der Waals surface area contributed by atoms with Gasteiger partial charge in [0, 0.05) is 10.2 Å². The second kappa shape index (κ2) is 6.47. The van der Waals surface area contributed by atoms with Crippen molar-refractivity contribution in [2.45, 2.75) is 43.3 Å². The molecule has 0 aliphatic rings. The van der Waals surface area contributed by atoms with Gasteiger partial charge in [0.1, 0.15) is 0 Å². The first kappa shape index (κ1) is 14.0. The largest absolute Gasteiger partial charge is 0.119 e. The Kier molecular flexibility index (Phi) is 6.96. The van der Waals surface area contributed by atoms with Crippen LogP contribution in [0.2, 0.25) is 0 Å². The second-order valence-corrected chi connectivity index (χ2v) is 6.50. The summed E-state index contributed by atoms with van der Waals surface area (Å²) in [6.07, 6.45) is 4.39. The summed E-state index contributed by atoms with van der Waals surface area (Å²) in [4.78, 5) is 0.217. The zero-order valence-corrected chi connectivity index (χ0v) is 12.3. The van der Waals surface area contributed by atoms with E-state index in [1.165, 1.54) is 5.57 Å². The van der Waals surface area contributed by atoms with Crippen LogP contribution in [0.1, 0.15) is 33.6 Å². The molecule has 0 aromatic carbocycles. The van der Waals surface area contributed by atoms with Gasteiger partial charge in [0.05, 0.1) is 4.87 Å². The summed E-state index contributed by atoms with van der Waals surface area (Å²) >= 11 is 13.2. The molecule has 0 aromatic rings. The standard InChI is InChI=1S/C10H17Br2Cl/c1-8(6-7-11)4-5-9(12)10(2,3)13/h6,9H,4-5,7H2,1-3H3/b8-6+. The highest BCUT2D eigenvalue weighted by molar-refractivity contribution is 9.09. The van der Waals surface area contributed by atoms with Crippen molar-refractivity contribution in [2.24, 2.45) is 0 Å². The van der Waals surface area contributed by atoms with E-state index in [-0.39, 0.29) is 4.87 Å². The quantitative estimate of drug-likeness (QED) is 0.497. The van der Waals surface area contributed by atoms with Gasteiger partial charge in [-0.05, 0) is 33.6 Å². The van der Waals surface area contributed by atoms with Crippen molar-refractivity contribution in [3.63, 3.8) is 0 Å². The average molecular weight is 333 g/mol. The van der Waals surface area contributed by atoms with Gasteiger partial charge < -0.3 is 0 Å². The SMILES string of the molecule is C/C(=C\CBr)CCC(Br)C(C)(C)Cl. The normalized spacial score (nSPS) is 16.0. The van der Waals surface area contributed by atoms with Gasteiger partial charge in [-0.2, -0.15) is 0 Å². The molecular formula is C10H17Br2Cl. The molecule has 1 unspecified atom stereocenters. The van der Waals surface area contributed by atoms with Crippen molar-refractivity contribution in [1.29, 1.82) is 0 Å². The van der Waals surface area contributed by atoms with Gasteiger partial charge in [-0.1, -0.05) is 43.5 Å². The molecule has 0 N–H and O–H groups in total. The molecule has 0 amide bonds. The predicted molar refractivity (Wildman–Crippen MR) is 69.4 cm³/mol. The molecule has 0 heterocycles. The molecule has 0 saturated heterocycles. The zero-order chi connectivity index (χ0) is 10.5. The minimum absolute atomic E-state index is 0.158. The molecular weight excluding hydrogens is 315 g/mol. The van der Waals surface area contributed by atoms with Crippen molar-refractivity contribution in [1.82, 2.24) is 0 Å². The number of hydrogen-bond donors (Lipinski definition) is 0. The fourth-order valence-corrected chi connectivity index (χ4v) is 1.82. The van der Waals surface area contributed by atoms with Gasteiger partial charge in [-0.15, -0.1) is 11.6 Å². The minimum Gasteiger partial charge on any atom is -0.119 e. The molecule has 0 aliphatic heterocycles. The Morgan fingerprint density at radius 2 is 2.08 bits per heavy atom. The summed E-state index contributed by atoms with van der Waals surface area (Å²) < 4.78 is 0. The molecule has 0 nitrogen and oxygen atoms in total. The maximum absolute atomic E-state index is 6.17. The summed E-state index contributed by atoms with van der Waals surface area (Å²) in [6, 6.07) is 0. The zero-order valence-electron chi connectivity index (χ0n) is 8.41. The van der Waals surface area contributed by atoms with E-state index in [0.717, 1.165) is 18.2 Å². The van der Waals surface area contributed by atoms with Crippen LogP contribution >= 0.6 is 43.5 Å². The highest BCUT2D eigenvalue weighted by Crippen LogP contribution is 2.29. The van der Waals surface area contributed by atoms with Crippen molar-refractivity contribution < 1.29 is 0 Å². The van der Waals surface area contributed by atoms with Crippen LogP contribution in [0.5, 0.6) is 0 Å². The summed E-state index contributed by atoms with van der Waals surface area (Å²) in [5.74, 6) is 0. The van der Waals surface area contributed by atoms with Gasteiger partial charge in [-0.25, -0.2) is 0 Å². The molecule has 0 saturated carbocycles. The maximum Gasteiger partial charge on any atom is 0.0515 e. The lowest BCUT2D eigenvalue weighted by Gasteiger charge is -2.22. The fraction of sp³-hybridized carbons (Fsp3) is 0.800. The Morgan fingerprint density at radius 1 is 1.54 bits per heavy atom. The van der Waals surface area contributed by atoms with Gasteiger partial charge in [-0.3, -0.25) is 0 Å². The highest BCUT2D eigenvalue weighted by atomic mass is 79.9. The van der Waals surface area contributed by atoms with E-state index in [0.29, 0.717) is 4.83 Å². The van der Waals surface area contributed by atoms with E-state index < -0.39 is 0 Å². The molecule has 13 heavy (non-hydrogen) atoms. The van der Waals surface area contributed by atoms with Crippen LogP contribution in [-0.4, -0.2) is 15.0 Å². The smallest absolute Gasteiger partial charge is 0.0515 e. The number of halogens is 3. The van der Waals surface area contributed by atoms with Crippen molar-refractivity contribution in [2.75, 3.05) is 5.33 Å². The Morgan fingerprint density at radius 3 is 2.46 bits per heavy atom. The molecule has 0 bridgehead atoms. The predicted octanol–water partition coefficient (Wildman–Crippen LogP) is 4.89. The molecule has 1 atom stereocenters. The third-order valence-corrected chi connectivity index (χ3v) is 4.42. The minimum atomic E-state index is -0.158. The Bertz CT molecular complexity index is 170. The van der Waals surface area contributed by atoms with E-state index in [1.807, 2.05) is 13.8 Å². The van der Waals surface area contributed by atoms with E-state index >= 15 is 0 Å². The molecule has 0 rings (SSSR count). The van der Waals surface area contributed by atoms with Crippen molar-refractivity contribution in [3.05, 3.63) is 11.6 Å². The first-order valence-electron chi connectivity index (χ1n) is 4.42. The van der Waals surface area contributed by atoms with Crippen LogP contribution in [0.15, 0.2) is 11.6 Å². The Hall–Kier alpha value is 0.990. The van der Waals surface area contributed by atoms with Gasteiger partial charge in [0.2, 0.25) is 0 Å². The summed E-state index contributed by atoms with van der Waals surface area (Å²) in [6.45, 7) is 6.23. The lowest BCUT2D eigenvalue weighted by molar-refractivity contribution is 0.616. The second-order valence-electron chi connectivity index (χ2n) is 3.78. The first-order chi connectivity index (χ1) is 5.88. The number of alkyl halides is 3. The summed E-state index contributed by atoms with van der Waals surface area (Å²) in [5.41, 5.74) is 1.42. The third kappa shape index (κ3) is 6.98. The van der Waals surface area contributed by atoms with E-state index in [1.54, 1.807) is 0 Å². The topological polar surface area (TPSA) is 0 Å². The Labute approximate surface area is 103 Å². The number of rotatable bonds is 5. The summed E-state index contributed by atoms with van der Waals surface area (Å²) in [7, 11) is 0. The van der Waals surface area contributed by atoms with Crippen LogP contribution in [0.3, 0.4) is 0 Å². The van der Waals surface area contributed by atoms with Crippen molar-refractivity contribution in [3.8, 4) is 0 Å². The summed E-state index contributed by atoms with van der Waals surface area (Å²) in [5, 5.41) is 0.941. The van der Waals surface area contributed by atoms with Crippen LogP contribution in [0, 0.1) is 0 Å². The van der Waals surface area contributed by atoms with Crippen LogP contribution in [0.25, 0.3) is 0 Å². The Balaban J connectivity index is 3.83. The van der Waals surface area contributed by atoms with E-state index in [9.17, 15) is 0 Å². The molecule has 0 aromatic heterocycles. The van der Waals surface area contributed by atoms with Crippen molar-refractivity contribution >= 4 is 43.5 Å². The van der Waals surface area contributed by atoms with E-state index in [2.05, 4.69) is 44.9 Å². The van der Waals surface area contributed by atoms with Gasteiger partial charge in [0.25, 0.3) is 0 Å². The van der Waals surface area contributed by atoms with Crippen LogP contribution in [-0.2, 0) is 0 Å². The third-order valence-electron chi connectivity index (χ3n) is 1.96. The highest BCUT2D eigenvalue weighted by Gasteiger charge is 2.23. The maximum atomic E-state index is 6.17. The average Bonchev–Trinajstić information content (AvgIpc) is 1.99.